The fraction of sp³-hybridized carbons (Fsp3) is 0.385. The summed E-state index contributed by atoms with van der Waals surface area (Å²) in [5.74, 6) is 1.01. The monoisotopic (exact) mass is 324 g/mol. The highest BCUT2D eigenvalue weighted by Gasteiger charge is 2.16. The van der Waals surface area contributed by atoms with Crippen LogP contribution in [0.2, 0.25) is 0 Å². The minimum atomic E-state index is 0.307. The van der Waals surface area contributed by atoms with Gasteiger partial charge in [0.2, 0.25) is 0 Å². The highest BCUT2D eigenvalue weighted by molar-refractivity contribution is 9.09. The molecule has 0 aliphatic carbocycles. The van der Waals surface area contributed by atoms with E-state index in [1.165, 1.54) is 5.56 Å². The minimum absolute atomic E-state index is 0.307. The molecular formula is C13H13BrN2OS. The van der Waals surface area contributed by atoms with Crippen molar-refractivity contribution in [3.8, 4) is 16.3 Å². The van der Waals surface area contributed by atoms with Gasteiger partial charge in [0.25, 0.3) is 0 Å². The fourth-order valence-corrected chi connectivity index (χ4v) is 3.24. The first-order valence-corrected chi connectivity index (χ1v) is 7.74. The van der Waals surface area contributed by atoms with Crippen LogP contribution >= 0.6 is 27.3 Å². The first-order valence-electron chi connectivity index (χ1n) is 6.01. The number of alkyl halides is 1. The highest BCUT2D eigenvalue weighted by atomic mass is 79.9. The van der Waals surface area contributed by atoms with Gasteiger partial charge in [0.05, 0.1) is 11.4 Å². The molecule has 2 heterocycles. The summed E-state index contributed by atoms with van der Waals surface area (Å²) >= 11 is 5.26. The van der Waals surface area contributed by atoms with Crippen molar-refractivity contribution in [1.82, 2.24) is 10.2 Å². The lowest BCUT2D eigenvalue weighted by Crippen LogP contribution is -1.85. The van der Waals surface area contributed by atoms with Gasteiger partial charge in [-0.1, -0.05) is 34.2 Å². The Morgan fingerprint density at radius 2 is 2.33 bits per heavy atom. The van der Waals surface area contributed by atoms with Crippen molar-refractivity contribution in [2.75, 3.05) is 6.61 Å². The van der Waals surface area contributed by atoms with Crippen molar-refractivity contribution in [2.45, 2.75) is 24.6 Å². The topological polar surface area (TPSA) is 35.0 Å². The van der Waals surface area contributed by atoms with E-state index in [0.29, 0.717) is 4.83 Å². The normalized spacial score (nSPS) is 15.2. The molecule has 94 valence electrons. The van der Waals surface area contributed by atoms with Crippen molar-refractivity contribution in [2.24, 2.45) is 0 Å². The number of hydrogen-bond donors (Lipinski definition) is 0. The third-order valence-corrected chi connectivity index (χ3v) is 5.47. The van der Waals surface area contributed by atoms with Crippen molar-refractivity contribution in [1.29, 1.82) is 0 Å². The third kappa shape index (κ3) is 2.17. The van der Waals surface area contributed by atoms with Gasteiger partial charge in [0.1, 0.15) is 15.8 Å². The maximum absolute atomic E-state index is 5.51. The molecule has 1 aliphatic heterocycles. The molecule has 1 unspecified atom stereocenters. The first kappa shape index (κ1) is 12.1. The minimum Gasteiger partial charge on any atom is -0.493 e. The molecule has 1 aromatic carbocycles. The van der Waals surface area contributed by atoms with Crippen molar-refractivity contribution in [3.05, 3.63) is 28.8 Å². The number of halogens is 1. The number of benzene rings is 1. The SMILES string of the molecule is CCC(Br)c1nnc(-c2ccc3c(c2)CCO3)s1. The molecule has 18 heavy (non-hydrogen) atoms. The maximum atomic E-state index is 5.51. The Labute approximate surface area is 118 Å². The lowest BCUT2D eigenvalue weighted by atomic mass is 10.1. The molecule has 0 radical (unpaired) electrons. The van der Waals surface area contributed by atoms with Crippen molar-refractivity contribution in [3.63, 3.8) is 0 Å². The molecule has 0 amide bonds. The molecule has 0 saturated heterocycles. The summed E-state index contributed by atoms with van der Waals surface area (Å²) in [6.07, 6.45) is 2.01. The fourth-order valence-electron chi connectivity index (χ4n) is 1.97. The summed E-state index contributed by atoms with van der Waals surface area (Å²) in [5.41, 5.74) is 2.41. The van der Waals surface area contributed by atoms with Crippen molar-refractivity contribution < 1.29 is 4.74 Å². The van der Waals surface area contributed by atoms with Crippen LogP contribution in [0.25, 0.3) is 10.6 Å². The van der Waals surface area contributed by atoms with Crippen LogP contribution in [0.1, 0.15) is 28.7 Å². The van der Waals surface area contributed by atoms with Crippen LogP contribution in [-0.2, 0) is 6.42 Å². The highest BCUT2D eigenvalue weighted by Crippen LogP contribution is 2.35. The zero-order chi connectivity index (χ0) is 12.5. The van der Waals surface area contributed by atoms with Gasteiger partial charge in [0.15, 0.2) is 0 Å². The van der Waals surface area contributed by atoms with Gasteiger partial charge in [-0.25, -0.2) is 0 Å². The molecule has 0 N–H and O–H groups in total. The lowest BCUT2D eigenvalue weighted by Gasteiger charge is -2.00. The molecule has 1 aromatic heterocycles. The summed E-state index contributed by atoms with van der Waals surface area (Å²) in [6.45, 7) is 2.92. The average molecular weight is 325 g/mol. The molecule has 2 aromatic rings. The largest absolute Gasteiger partial charge is 0.493 e. The molecule has 0 fully saturated rings. The third-order valence-electron chi connectivity index (χ3n) is 3.00. The van der Waals surface area contributed by atoms with Crippen molar-refractivity contribution >= 4 is 27.3 Å². The van der Waals surface area contributed by atoms with E-state index in [4.69, 9.17) is 4.74 Å². The Kier molecular flexibility index (Phi) is 3.35. The number of fused-ring (bicyclic) bond motifs is 1. The smallest absolute Gasteiger partial charge is 0.147 e. The van der Waals surface area contributed by atoms with Gasteiger partial charge in [-0.3, -0.25) is 0 Å². The van der Waals surface area contributed by atoms with Crippen LogP contribution in [-0.4, -0.2) is 16.8 Å². The summed E-state index contributed by atoms with van der Waals surface area (Å²) < 4.78 is 5.51. The van der Waals surface area contributed by atoms with Gasteiger partial charge in [-0.15, -0.1) is 10.2 Å². The summed E-state index contributed by atoms with van der Waals surface area (Å²) in [7, 11) is 0. The van der Waals surface area contributed by atoms with Crippen LogP contribution in [0.5, 0.6) is 5.75 Å². The van der Waals surface area contributed by atoms with Gasteiger partial charge in [-0.2, -0.15) is 0 Å². The Hall–Kier alpha value is -0.940. The van der Waals surface area contributed by atoms with E-state index in [-0.39, 0.29) is 0 Å². The first-order chi connectivity index (χ1) is 8.78. The number of rotatable bonds is 3. The lowest BCUT2D eigenvalue weighted by molar-refractivity contribution is 0.357. The number of nitrogens with zero attached hydrogens (tertiary/aromatic N) is 2. The van der Waals surface area contributed by atoms with Gasteiger partial charge in [-0.05, 0) is 30.2 Å². The maximum Gasteiger partial charge on any atom is 0.147 e. The predicted octanol–water partition coefficient (Wildman–Crippen LogP) is 3.99. The van der Waals surface area contributed by atoms with Gasteiger partial charge < -0.3 is 4.74 Å². The molecule has 1 aliphatic rings. The molecule has 3 nitrogen and oxygen atoms in total. The number of hydrogen-bond acceptors (Lipinski definition) is 4. The molecule has 3 rings (SSSR count). The van der Waals surface area contributed by atoms with E-state index in [2.05, 4.69) is 45.2 Å². The van der Waals surface area contributed by atoms with Gasteiger partial charge in [0, 0.05) is 12.0 Å². The zero-order valence-corrected chi connectivity index (χ0v) is 12.4. The van der Waals surface area contributed by atoms with Crippen LogP contribution in [0.3, 0.4) is 0 Å². The van der Waals surface area contributed by atoms with Crippen LogP contribution in [0, 0.1) is 0 Å². The average Bonchev–Trinajstić information content (AvgIpc) is 3.05. The zero-order valence-electron chi connectivity index (χ0n) is 10.0. The Morgan fingerprint density at radius 1 is 1.44 bits per heavy atom. The van der Waals surface area contributed by atoms with E-state index < -0.39 is 0 Å². The van der Waals surface area contributed by atoms with E-state index in [1.54, 1.807) is 11.3 Å². The standard InChI is InChI=1S/C13H13BrN2OS/c1-2-10(14)13-16-15-12(18-13)9-3-4-11-8(7-9)5-6-17-11/h3-4,7,10H,2,5-6H2,1H3. The number of ether oxygens (including phenoxy) is 1. The summed E-state index contributed by atoms with van der Waals surface area (Å²) in [5, 5.41) is 10.6. The molecular weight excluding hydrogens is 312 g/mol. The molecule has 0 saturated carbocycles. The molecule has 5 heteroatoms. The summed E-state index contributed by atoms with van der Waals surface area (Å²) in [6, 6.07) is 6.26. The number of aromatic nitrogens is 2. The Balaban J connectivity index is 1.92. The van der Waals surface area contributed by atoms with E-state index in [9.17, 15) is 0 Å². The second-order valence-corrected chi connectivity index (χ2v) is 6.36. The predicted molar refractivity (Wildman–Crippen MR) is 76.5 cm³/mol. The van der Waals surface area contributed by atoms with E-state index in [0.717, 1.165) is 40.8 Å². The Morgan fingerprint density at radius 3 is 3.17 bits per heavy atom. The summed E-state index contributed by atoms with van der Waals surface area (Å²) in [4.78, 5) is 0.307. The van der Waals surface area contributed by atoms with E-state index in [1.807, 2.05) is 6.07 Å². The van der Waals surface area contributed by atoms with Crippen LogP contribution < -0.4 is 4.74 Å². The quantitative estimate of drug-likeness (QED) is 0.801. The molecule has 0 spiro atoms. The van der Waals surface area contributed by atoms with Crippen LogP contribution in [0.15, 0.2) is 18.2 Å². The second kappa shape index (κ2) is 4.97. The van der Waals surface area contributed by atoms with Gasteiger partial charge >= 0.3 is 0 Å². The molecule has 0 bridgehead atoms. The molecule has 1 atom stereocenters. The van der Waals surface area contributed by atoms with Crippen LogP contribution in [0.4, 0.5) is 0 Å². The second-order valence-electron chi connectivity index (χ2n) is 4.24. The van der Waals surface area contributed by atoms with E-state index >= 15 is 0 Å². The Bertz CT molecular complexity index is 570.